The Hall–Kier alpha value is -0.850. The molecule has 24 heavy (non-hydrogen) atoms. The molecule has 1 heterocycles. The van der Waals surface area contributed by atoms with Crippen molar-refractivity contribution in [3.63, 3.8) is 0 Å². The number of benzene rings is 1. The average molecular weight is 409 g/mol. The van der Waals surface area contributed by atoms with Crippen LogP contribution in [0, 0.1) is 5.41 Å². The molecule has 0 fully saturated rings. The molecule has 0 atom stereocenters. The topological polar surface area (TPSA) is 59.2 Å². The van der Waals surface area contributed by atoms with Crippen molar-refractivity contribution in [2.45, 2.75) is 13.8 Å². The molecule has 2 N–H and O–H groups in total. The molecule has 4 nitrogen and oxygen atoms in total. The minimum atomic E-state index is -0.132. The first-order valence-corrected chi connectivity index (χ1v) is 8.73. The Morgan fingerprint density at radius 1 is 1.33 bits per heavy atom. The number of thiazole rings is 1. The molecule has 1 amide bonds. The van der Waals surface area contributed by atoms with Gasteiger partial charge in [-0.3, -0.25) is 4.79 Å². The van der Waals surface area contributed by atoms with E-state index in [4.69, 9.17) is 28.9 Å². The van der Waals surface area contributed by atoms with Crippen molar-refractivity contribution in [2.75, 3.05) is 20.1 Å². The number of aromatic nitrogens is 1. The summed E-state index contributed by atoms with van der Waals surface area (Å²) in [7, 11) is 1.76. The number of halogens is 3. The van der Waals surface area contributed by atoms with Crippen LogP contribution in [0.5, 0.6) is 0 Å². The van der Waals surface area contributed by atoms with E-state index in [-0.39, 0.29) is 23.7 Å². The van der Waals surface area contributed by atoms with E-state index in [1.807, 2.05) is 19.9 Å². The quantitative estimate of drug-likeness (QED) is 0.786. The first-order chi connectivity index (χ1) is 10.7. The van der Waals surface area contributed by atoms with Crippen LogP contribution in [0.25, 0.3) is 10.6 Å². The highest BCUT2D eigenvalue weighted by Crippen LogP contribution is 2.30. The lowest BCUT2D eigenvalue weighted by molar-refractivity contribution is 0.0735. The molecule has 1 aromatic carbocycles. The monoisotopic (exact) mass is 407 g/mol. The van der Waals surface area contributed by atoms with E-state index in [1.54, 1.807) is 29.5 Å². The van der Waals surface area contributed by atoms with Gasteiger partial charge in [-0.1, -0.05) is 43.1 Å². The van der Waals surface area contributed by atoms with Crippen molar-refractivity contribution >= 4 is 52.9 Å². The van der Waals surface area contributed by atoms with Gasteiger partial charge in [-0.15, -0.1) is 23.7 Å². The van der Waals surface area contributed by atoms with Gasteiger partial charge in [-0.25, -0.2) is 4.98 Å². The summed E-state index contributed by atoms with van der Waals surface area (Å²) < 4.78 is 0. The third-order valence-corrected chi connectivity index (χ3v) is 5.08. The SMILES string of the molecule is CN(CC(C)(C)CN)C(=O)c1csc(-c2ccc(Cl)c(Cl)c2)n1.Cl. The highest BCUT2D eigenvalue weighted by molar-refractivity contribution is 7.13. The van der Waals surface area contributed by atoms with E-state index in [0.717, 1.165) is 10.6 Å². The molecule has 0 saturated heterocycles. The standard InChI is InChI=1S/C16H19Cl2N3OS.ClH/c1-16(2,8-19)9-21(3)15(22)13-7-23-14(20-13)10-4-5-11(17)12(18)6-10;/h4-7H,8-9,19H2,1-3H3;1H. The lowest BCUT2D eigenvalue weighted by Gasteiger charge is -2.28. The fourth-order valence-corrected chi connectivity index (χ4v) is 3.20. The third-order valence-electron chi connectivity index (χ3n) is 3.45. The largest absolute Gasteiger partial charge is 0.340 e. The Kier molecular flexibility index (Phi) is 7.50. The van der Waals surface area contributed by atoms with Gasteiger partial charge in [-0.05, 0) is 24.1 Å². The highest BCUT2D eigenvalue weighted by Gasteiger charge is 2.23. The molecule has 2 rings (SSSR count). The van der Waals surface area contributed by atoms with Crippen molar-refractivity contribution < 1.29 is 4.79 Å². The number of hydrogen-bond donors (Lipinski definition) is 1. The van der Waals surface area contributed by atoms with E-state index < -0.39 is 0 Å². The fourth-order valence-electron chi connectivity index (χ4n) is 2.11. The molecule has 0 radical (unpaired) electrons. The zero-order chi connectivity index (χ0) is 17.2. The minimum Gasteiger partial charge on any atom is -0.340 e. The predicted molar refractivity (Wildman–Crippen MR) is 105 cm³/mol. The molecule has 0 unspecified atom stereocenters. The van der Waals surface area contributed by atoms with Gasteiger partial charge in [0, 0.05) is 24.5 Å². The molecule has 0 aliphatic heterocycles. The zero-order valence-corrected chi connectivity index (χ0v) is 16.8. The normalized spacial score (nSPS) is 11.1. The summed E-state index contributed by atoms with van der Waals surface area (Å²) in [5.74, 6) is -0.117. The summed E-state index contributed by atoms with van der Waals surface area (Å²) in [6, 6.07) is 5.30. The Labute approximate surface area is 162 Å². The molecule has 0 saturated carbocycles. The maximum atomic E-state index is 12.5. The first kappa shape index (κ1) is 21.2. The van der Waals surface area contributed by atoms with Crippen LogP contribution in [0.15, 0.2) is 23.6 Å². The predicted octanol–water partition coefficient (Wildman–Crippen LogP) is 4.60. The van der Waals surface area contributed by atoms with Gasteiger partial charge in [0.2, 0.25) is 0 Å². The lowest BCUT2D eigenvalue weighted by Crippen LogP contribution is -2.39. The number of amides is 1. The summed E-state index contributed by atoms with van der Waals surface area (Å²) in [5, 5.41) is 3.45. The molecule has 8 heteroatoms. The number of carbonyl (C=O) groups is 1. The Morgan fingerprint density at radius 2 is 2.00 bits per heavy atom. The van der Waals surface area contributed by atoms with E-state index in [9.17, 15) is 4.79 Å². The molecule has 0 aliphatic carbocycles. The Balaban J connectivity index is 0.00000288. The van der Waals surface area contributed by atoms with E-state index in [2.05, 4.69) is 4.98 Å². The molecule has 1 aromatic heterocycles. The van der Waals surface area contributed by atoms with Gasteiger partial charge >= 0.3 is 0 Å². The van der Waals surface area contributed by atoms with Crippen LogP contribution in [0.3, 0.4) is 0 Å². The van der Waals surface area contributed by atoms with Crippen LogP contribution in [-0.2, 0) is 0 Å². The van der Waals surface area contributed by atoms with Gasteiger partial charge in [-0.2, -0.15) is 0 Å². The minimum absolute atomic E-state index is 0. The van der Waals surface area contributed by atoms with Crippen LogP contribution in [0.4, 0.5) is 0 Å². The number of rotatable bonds is 5. The number of nitrogens with zero attached hydrogens (tertiary/aromatic N) is 2. The van der Waals surface area contributed by atoms with Crippen molar-refractivity contribution in [1.82, 2.24) is 9.88 Å². The molecule has 0 bridgehead atoms. The van der Waals surface area contributed by atoms with Crippen molar-refractivity contribution in [2.24, 2.45) is 11.1 Å². The molecule has 0 aliphatic rings. The van der Waals surface area contributed by atoms with Crippen molar-refractivity contribution in [3.05, 3.63) is 39.3 Å². The summed E-state index contributed by atoms with van der Waals surface area (Å²) in [6.45, 7) is 5.14. The molecule has 2 aromatic rings. The van der Waals surface area contributed by atoms with Gasteiger partial charge in [0.15, 0.2) is 0 Å². The van der Waals surface area contributed by atoms with Crippen LogP contribution >= 0.6 is 46.9 Å². The zero-order valence-electron chi connectivity index (χ0n) is 13.7. The summed E-state index contributed by atoms with van der Waals surface area (Å²) in [4.78, 5) is 18.6. The third kappa shape index (κ3) is 5.07. The average Bonchev–Trinajstić information content (AvgIpc) is 2.98. The number of nitrogens with two attached hydrogens (primary N) is 1. The van der Waals surface area contributed by atoms with Gasteiger partial charge in [0.25, 0.3) is 5.91 Å². The molecule has 0 spiro atoms. The van der Waals surface area contributed by atoms with Crippen molar-refractivity contribution in [1.29, 1.82) is 0 Å². The smallest absolute Gasteiger partial charge is 0.273 e. The van der Waals surface area contributed by atoms with Crippen LogP contribution in [-0.4, -0.2) is 35.9 Å². The Bertz CT molecular complexity index is 718. The van der Waals surface area contributed by atoms with Gasteiger partial charge in [0.05, 0.1) is 10.0 Å². The molecule has 132 valence electrons. The van der Waals surface area contributed by atoms with Gasteiger partial charge < -0.3 is 10.6 Å². The summed E-state index contributed by atoms with van der Waals surface area (Å²) in [6.07, 6.45) is 0. The molecular weight excluding hydrogens is 389 g/mol. The number of carbonyl (C=O) groups excluding carboxylic acids is 1. The van der Waals surface area contributed by atoms with E-state index in [0.29, 0.717) is 28.8 Å². The summed E-state index contributed by atoms with van der Waals surface area (Å²) in [5.41, 5.74) is 6.86. The first-order valence-electron chi connectivity index (χ1n) is 7.10. The van der Waals surface area contributed by atoms with Crippen LogP contribution < -0.4 is 5.73 Å². The van der Waals surface area contributed by atoms with Crippen molar-refractivity contribution in [3.8, 4) is 10.6 Å². The molecular formula is C16H20Cl3N3OS. The van der Waals surface area contributed by atoms with E-state index >= 15 is 0 Å². The Morgan fingerprint density at radius 3 is 2.58 bits per heavy atom. The second kappa shape index (κ2) is 8.50. The second-order valence-electron chi connectivity index (χ2n) is 6.20. The summed E-state index contributed by atoms with van der Waals surface area (Å²) >= 11 is 13.4. The second-order valence-corrected chi connectivity index (χ2v) is 7.87. The fraction of sp³-hybridized carbons (Fsp3) is 0.375. The highest BCUT2D eigenvalue weighted by atomic mass is 35.5. The maximum Gasteiger partial charge on any atom is 0.273 e. The lowest BCUT2D eigenvalue weighted by atomic mass is 9.93. The van der Waals surface area contributed by atoms with Crippen LogP contribution in [0.2, 0.25) is 10.0 Å². The maximum absolute atomic E-state index is 12.5. The number of hydrogen-bond acceptors (Lipinski definition) is 4. The van der Waals surface area contributed by atoms with Crippen LogP contribution in [0.1, 0.15) is 24.3 Å². The van der Waals surface area contributed by atoms with E-state index in [1.165, 1.54) is 11.3 Å². The van der Waals surface area contributed by atoms with Gasteiger partial charge in [0.1, 0.15) is 10.7 Å².